The number of nitrogens with one attached hydrogen (secondary N) is 1. The summed E-state index contributed by atoms with van der Waals surface area (Å²) in [4.78, 5) is 36.3. The molecule has 2 aromatic carbocycles. The van der Waals surface area contributed by atoms with Crippen LogP contribution < -0.4 is 11.1 Å². The number of carbonyl (C=O) groups excluding carboxylic acids is 2. The van der Waals surface area contributed by atoms with Crippen molar-refractivity contribution in [2.45, 2.75) is 32.4 Å². The smallest absolute Gasteiger partial charge is 0.437 e. The summed E-state index contributed by atoms with van der Waals surface area (Å²) in [6, 6.07) is 18.6. The predicted molar refractivity (Wildman–Crippen MR) is 110 cm³/mol. The second-order valence-corrected chi connectivity index (χ2v) is 6.89. The maximum Gasteiger partial charge on any atom is 0.437 e. The largest absolute Gasteiger partial charge is 0.451 e. The Labute approximate surface area is 173 Å². The van der Waals surface area contributed by atoms with Crippen LogP contribution >= 0.6 is 0 Å². The Morgan fingerprint density at radius 2 is 1.70 bits per heavy atom. The van der Waals surface area contributed by atoms with Gasteiger partial charge >= 0.3 is 11.7 Å². The first-order valence-corrected chi connectivity index (χ1v) is 9.59. The average Bonchev–Trinajstić information content (AvgIpc) is 3.13. The molecule has 0 aliphatic carbocycles. The van der Waals surface area contributed by atoms with Gasteiger partial charge < -0.3 is 14.5 Å². The van der Waals surface area contributed by atoms with E-state index in [0.717, 1.165) is 10.2 Å². The quantitative estimate of drug-likeness (QED) is 0.573. The number of hydrogen-bond acceptors (Lipinski definition) is 6. The van der Waals surface area contributed by atoms with Crippen molar-refractivity contribution in [1.82, 2.24) is 15.1 Å². The van der Waals surface area contributed by atoms with E-state index in [2.05, 4.69) is 10.4 Å². The van der Waals surface area contributed by atoms with Gasteiger partial charge in [-0.05, 0) is 30.5 Å². The summed E-state index contributed by atoms with van der Waals surface area (Å²) in [5.41, 5.74) is 1.71. The van der Waals surface area contributed by atoms with Crippen LogP contribution in [0.15, 0.2) is 69.9 Å². The van der Waals surface area contributed by atoms with Crippen molar-refractivity contribution in [3.8, 4) is 11.5 Å². The molecule has 2 atom stereocenters. The fourth-order valence-corrected chi connectivity index (χ4v) is 2.81. The van der Waals surface area contributed by atoms with Gasteiger partial charge in [0.05, 0.1) is 0 Å². The first-order valence-electron chi connectivity index (χ1n) is 9.59. The molecule has 1 amide bonds. The summed E-state index contributed by atoms with van der Waals surface area (Å²) in [5.74, 6) is -1.73. The highest BCUT2D eigenvalue weighted by atomic mass is 16.5. The lowest BCUT2D eigenvalue weighted by Crippen LogP contribution is -2.38. The molecule has 0 unspecified atom stereocenters. The SMILES string of the molecule is C[C@H](OC(=O)Cn1nc(-c2ccccc2)oc1=O)C(=O)NC[C@H](C)c1ccccc1. The van der Waals surface area contributed by atoms with Crippen molar-refractivity contribution < 1.29 is 18.7 Å². The molecule has 0 fully saturated rings. The summed E-state index contributed by atoms with van der Waals surface area (Å²) in [7, 11) is 0. The molecule has 1 N–H and O–H groups in total. The number of aromatic nitrogens is 2. The number of amides is 1. The minimum atomic E-state index is -1.00. The van der Waals surface area contributed by atoms with Crippen molar-refractivity contribution in [2.24, 2.45) is 0 Å². The number of rotatable bonds is 8. The van der Waals surface area contributed by atoms with E-state index in [0.29, 0.717) is 12.1 Å². The molecule has 1 aromatic heterocycles. The molecule has 0 saturated heterocycles. The van der Waals surface area contributed by atoms with E-state index in [4.69, 9.17) is 9.15 Å². The Morgan fingerprint density at radius 3 is 2.37 bits per heavy atom. The first-order chi connectivity index (χ1) is 14.4. The molecule has 30 heavy (non-hydrogen) atoms. The molecule has 0 aliphatic heterocycles. The van der Waals surface area contributed by atoms with E-state index in [1.807, 2.05) is 43.3 Å². The molecule has 0 spiro atoms. The number of nitrogens with zero attached hydrogens (tertiary/aromatic N) is 2. The number of ether oxygens (including phenoxy) is 1. The highest BCUT2D eigenvalue weighted by Crippen LogP contribution is 2.14. The summed E-state index contributed by atoms with van der Waals surface area (Å²) in [5, 5.41) is 6.77. The number of esters is 1. The van der Waals surface area contributed by atoms with Crippen LogP contribution in [-0.4, -0.2) is 34.3 Å². The lowest BCUT2D eigenvalue weighted by atomic mass is 10.0. The van der Waals surface area contributed by atoms with Gasteiger partial charge in [-0.1, -0.05) is 55.5 Å². The Kier molecular flexibility index (Phi) is 6.79. The van der Waals surface area contributed by atoms with Crippen LogP contribution in [0, 0.1) is 0 Å². The third-order valence-corrected chi connectivity index (χ3v) is 4.53. The average molecular weight is 409 g/mol. The predicted octanol–water partition coefficient (Wildman–Crippen LogP) is 2.35. The van der Waals surface area contributed by atoms with E-state index in [1.54, 1.807) is 24.3 Å². The fraction of sp³-hybridized carbons (Fsp3) is 0.273. The van der Waals surface area contributed by atoms with Crippen molar-refractivity contribution in [3.63, 3.8) is 0 Å². The van der Waals surface area contributed by atoms with Gasteiger partial charge in [0.1, 0.15) is 6.54 Å². The van der Waals surface area contributed by atoms with E-state index >= 15 is 0 Å². The zero-order valence-corrected chi connectivity index (χ0v) is 16.8. The number of benzene rings is 2. The Morgan fingerprint density at radius 1 is 1.07 bits per heavy atom. The van der Waals surface area contributed by atoms with E-state index in [-0.39, 0.29) is 11.8 Å². The summed E-state index contributed by atoms with van der Waals surface area (Å²) < 4.78 is 11.1. The summed E-state index contributed by atoms with van der Waals surface area (Å²) in [6.45, 7) is 3.43. The third kappa shape index (κ3) is 5.44. The highest BCUT2D eigenvalue weighted by molar-refractivity contribution is 5.83. The molecule has 8 nitrogen and oxygen atoms in total. The molecule has 8 heteroatoms. The van der Waals surface area contributed by atoms with Gasteiger partial charge in [-0.25, -0.2) is 4.79 Å². The lowest BCUT2D eigenvalue weighted by Gasteiger charge is -2.16. The van der Waals surface area contributed by atoms with Crippen LogP contribution in [0.4, 0.5) is 0 Å². The topological polar surface area (TPSA) is 103 Å². The molecule has 0 radical (unpaired) electrons. The van der Waals surface area contributed by atoms with Gasteiger partial charge in [-0.15, -0.1) is 5.10 Å². The summed E-state index contributed by atoms with van der Waals surface area (Å²) in [6.07, 6.45) is -1.00. The van der Waals surface area contributed by atoms with Crippen molar-refractivity contribution in [3.05, 3.63) is 76.8 Å². The Bertz CT molecular complexity index is 1040. The van der Waals surface area contributed by atoms with Crippen molar-refractivity contribution in [2.75, 3.05) is 6.54 Å². The fourth-order valence-electron chi connectivity index (χ4n) is 2.81. The number of hydrogen-bond donors (Lipinski definition) is 1. The normalized spacial score (nSPS) is 12.7. The third-order valence-electron chi connectivity index (χ3n) is 4.53. The standard InChI is InChI=1S/C22H23N3O5/c1-15(17-9-5-3-6-10-17)13-23-20(27)16(2)29-19(26)14-25-22(28)30-21(24-25)18-11-7-4-8-12-18/h3-12,15-16H,13-14H2,1-2H3,(H,23,27)/t15-,16-/m0/s1. The molecule has 0 aliphatic rings. The van der Waals surface area contributed by atoms with E-state index < -0.39 is 30.3 Å². The lowest BCUT2D eigenvalue weighted by molar-refractivity contribution is -0.155. The zero-order valence-electron chi connectivity index (χ0n) is 16.8. The van der Waals surface area contributed by atoms with E-state index in [9.17, 15) is 14.4 Å². The van der Waals surface area contributed by atoms with E-state index in [1.165, 1.54) is 6.92 Å². The van der Waals surface area contributed by atoms with Gasteiger partial charge in [0.15, 0.2) is 6.10 Å². The van der Waals surface area contributed by atoms with Gasteiger partial charge in [0, 0.05) is 12.1 Å². The molecular weight excluding hydrogens is 386 g/mol. The summed E-state index contributed by atoms with van der Waals surface area (Å²) >= 11 is 0. The minimum absolute atomic E-state index is 0.106. The maximum absolute atomic E-state index is 12.2. The van der Waals surface area contributed by atoms with Gasteiger partial charge in [-0.3, -0.25) is 9.59 Å². The van der Waals surface area contributed by atoms with Crippen LogP contribution in [0.2, 0.25) is 0 Å². The van der Waals surface area contributed by atoms with Crippen LogP contribution in [0.25, 0.3) is 11.5 Å². The zero-order chi connectivity index (χ0) is 21.5. The van der Waals surface area contributed by atoms with Crippen LogP contribution in [0.5, 0.6) is 0 Å². The second-order valence-electron chi connectivity index (χ2n) is 6.89. The van der Waals surface area contributed by atoms with Crippen molar-refractivity contribution in [1.29, 1.82) is 0 Å². The number of carbonyl (C=O) groups is 2. The van der Waals surface area contributed by atoms with Gasteiger partial charge in [-0.2, -0.15) is 4.68 Å². The Hall–Kier alpha value is -3.68. The molecule has 156 valence electrons. The van der Waals surface area contributed by atoms with Crippen molar-refractivity contribution >= 4 is 11.9 Å². The second kappa shape index (κ2) is 9.69. The van der Waals surface area contributed by atoms with Crippen LogP contribution in [0.3, 0.4) is 0 Å². The maximum atomic E-state index is 12.2. The monoisotopic (exact) mass is 409 g/mol. The van der Waals surface area contributed by atoms with Crippen LogP contribution in [-0.2, 0) is 20.9 Å². The molecule has 3 rings (SSSR count). The van der Waals surface area contributed by atoms with Gasteiger partial charge in [0.2, 0.25) is 5.89 Å². The molecule has 1 heterocycles. The molecule has 0 saturated carbocycles. The minimum Gasteiger partial charge on any atom is -0.451 e. The first kappa shape index (κ1) is 21.0. The highest BCUT2D eigenvalue weighted by Gasteiger charge is 2.20. The van der Waals surface area contributed by atoms with Crippen LogP contribution in [0.1, 0.15) is 25.3 Å². The molecular formula is C22H23N3O5. The molecule has 3 aromatic rings. The van der Waals surface area contributed by atoms with Gasteiger partial charge in [0.25, 0.3) is 5.91 Å². The molecule has 0 bridgehead atoms. The Balaban J connectivity index is 1.51.